The quantitative estimate of drug-likeness (QED) is 0.161. The summed E-state index contributed by atoms with van der Waals surface area (Å²) >= 11 is 0. The first-order valence-corrected chi connectivity index (χ1v) is 36.3. The smallest absolute Gasteiger partial charge is 0.248 e. The van der Waals surface area contributed by atoms with Gasteiger partial charge in [0, 0.05) is 0 Å². The van der Waals surface area contributed by atoms with E-state index < -0.39 is 69.6 Å². The predicted octanol–water partition coefficient (Wildman–Crippen LogP) is 6.37. The molecular weight excluding hydrogens is 648 g/mol. The first kappa shape index (κ1) is 42.2. The summed E-state index contributed by atoms with van der Waals surface area (Å²) in [5, 5.41) is 10.4. The van der Waals surface area contributed by atoms with Crippen molar-refractivity contribution in [3.63, 3.8) is 0 Å². The molecule has 0 amide bonds. The van der Waals surface area contributed by atoms with E-state index in [2.05, 4.69) is 78.6 Å². The normalized spacial score (nSPS) is 25.2. The van der Waals surface area contributed by atoms with E-state index in [1.54, 1.807) is 0 Å². The van der Waals surface area contributed by atoms with E-state index in [0.717, 1.165) is 0 Å². The molecule has 0 saturated carbocycles. The third-order valence-corrected chi connectivity index (χ3v) is 14.7. The molecule has 248 valence electrons. The van der Waals surface area contributed by atoms with Gasteiger partial charge in [-0.05, 0) is 118 Å². The van der Waals surface area contributed by atoms with E-state index in [-0.39, 0.29) is 18.8 Å². The van der Waals surface area contributed by atoms with Gasteiger partial charge in [0.05, 0.1) is 13.2 Å². The number of ether oxygens (including phenoxy) is 1. The molecule has 1 aliphatic rings. The van der Waals surface area contributed by atoms with Gasteiger partial charge in [-0.15, -0.1) is 0 Å². The van der Waals surface area contributed by atoms with Crippen LogP contribution in [0, 0.1) is 0 Å². The second kappa shape index (κ2) is 14.7. The third kappa shape index (κ3) is 19.3. The third-order valence-electron chi connectivity index (χ3n) is 4.57. The fourth-order valence-corrected chi connectivity index (χ4v) is 13.8. The minimum atomic E-state index is -4.06. The Morgan fingerprint density at radius 2 is 1.10 bits per heavy atom. The van der Waals surface area contributed by atoms with Crippen molar-refractivity contribution in [2.45, 2.75) is 142 Å². The molecule has 0 aromatic heterocycles. The maximum Gasteiger partial charge on any atom is 0.248 e. The monoisotopic (exact) mass is 709 g/mol. The van der Waals surface area contributed by atoms with Gasteiger partial charge in [0.2, 0.25) is 13.6 Å². The topological polar surface area (TPSA) is 125 Å². The Balaban J connectivity index is 0.00000103. The Kier molecular flexibility index (Phi) is 15.1. The first-order valence-electron chi connectivity index (χ1n) is 14.4. The highest BCUT2D eigenvalue weighted by molar-refractivity contribution is 7.49. The molecule has 1 fully saturated rings. The summed E-state index contributed by atoms with van der Waals surface area (Å²) in [6.07, 6.45) is -1.13. The van der Waals surface area contributed by atoms with Gasteiger partial charge >= 0.3 is 0 Å². The van der Waals surface area contributed by atoms with Crippen LogP contribution < -0.4 is 4.89 Å². The Hall–Kier alpha value is 1.17. The van der Waals surface area contributed by atoms with Crippen molar-refractivity contribution < 1.29 is 45.4 Å². The lowest BCUT2D eigenvalue weighted by Gasteiger charge is -2.41. The molecular formula is C24H62O10PSi6-. The number of aliphatic hydroxyl groups is 1. The molecule has 0 aromatic rings. The van der Waals surface area contributed by atoms with Gasteiger partial charge in [-0.3, -0.25) is 4.57 Å². The zero-order chi connectivity index (χ0) is 33.1. The second-order valence-corrected chi connectivity index (χ2v) is 45.1. The highest BCUT2D eigenvalue weighted by Gasteiger charge is 2.60. The van der Waals surface area contributed by atoms with E-state index in [1.807, 2.05) is 39.3 Å². The Bertz CT molecular complexity index is 836. The van der Waals surface area contributed by atoms with E-state index >= 15 is 0 Å². The fourth-order valence-electron chi connectivity index (χ4n) is 3.83. The average Bonchev–Trinajstić information content (AvgIpc) is 2.85. The summed E-state index contributed by atoms with van der Waals surface area (Å²) in [5.41, 5.74) is 0. The molecule has 4 atom stereocenters. The van der Waals surface area contributed by atoms with Crippen LogP contribution in [0.4, 0.5) is 0 Å². The Morgan fingerprint density at radius 3 is 1.39 bits per heavy atom. The average molecular weight is 710 g/mol. The molecule has 1 saturated heterocycles. The summed E-state index contributed by atoms with van der Waals surface area (Å²) < 4.78 is 53.5. The Labute approximate surface area is 257 Å². The maximum atomic E-state index is 11.3. The van der Waals surface area contributed by atoms with Crippen molar-refractivity contribution in [2.75, 3.05) is 13.2 Å². The number of aliphatic hydroxyl groups excluding tert-OH is 1. The molecule has 1 heterocycles. The largest absolute Gasteiger partial charge is 0.757 e. The van der Waals surface area contributed by atoms with Crippen LogP contribution in [0.3, 0.4) is 0 Å². The summed E-state index contributed by atoms with van der Waals surface area (Å²) in [6.45, 7) is 36.7. The first-order chi connectivity index (χ1) is 17.7. The van der Waals surface area contributed by atoms with Crippen LogP contribution >= 0.6 is 7.82 Å². The minimum absolute atomic E-state index is 0.262. The van der Waals surface area contributed by atoms with Crippen molar-refractivity contribution in [2.24, 2.45) is 0 Å². The molecule has 17 heteroatoms. The molecule has 0 bridgehead atoms. The summed E-state index contributed by atoms with van der Waals surface area (Å²) in [5.74, 6) is -1.21. The van der Waals surface area contributed by atoms with E-state index in [4.69, 9.17) is 30.9 Å². The van der Waals surface area contributed by atoms with E-state index in [1.165, 1.54) is 0 Å². The van der Waals surface area contributed by atoms with Crippen molar-refractivity contribution in [1.29, 1.82) is 0 Å². The molecule has 0 spiro atoms. The van der Waals surface area contributed by atoms with Crippen LogP contribution in [0.25, 0.3) is 0 Å². The number of phosphoric acid groups is 1. The fraction of sp³-hybridized carbons (Fsp3) is 1.00. The maximum absolute atomic E-state index is 11.3. The second-order valence-electron chi connectivity index (χ2n) is 16.5. The van der Waals surface area contributed by atoms with Gasteiger partial charge in [0.25, 0.3) is 0 Å². The Morgan fingerprint density at radius 1 is 0.683 bits per heavy atom. The van der Waals surface area contributed by atoms with Gasteiger partial charge in [-0.1, -0.05) is 0 Å². The molecule has 0 aliphatic carbocycles. The lowest BCUT2D eigenvalue weighted by atomic mass is 10.1. The van der Waals surface area contributed by atoms with Gasteiger partial charge in [-0.2, -0.15) is 0 Å². The number of hydrogen-bond donors (Lipinski definition) is 1. The number of hydrogen-bond acceptors (Lipinski definition) is 10. The summed E-state index contributed by atoms with van der Waals surface area (Å²) in [6, 6.07) is 0. The van der Waals surface area contributed by atoms with Crippen LogP contribution in [0.15, 0.2) is 0 Å². The van der Waals surface area contributed by atoms with Crippen LogP contribution in [0.2, 0.25) is 118 Å². The van der Waals surface area contributed by atoms with Crippen LogP contribution in [0.1, 0.15) is 0 Å². The van der Waals surface area contributed by atoms with Crippen LogP contribution in [0.5, 0.6) is 0 Å². The van der Waals surface area contributed by atoms with Gasteiger partial charge in [0.1, 0.15) is 18.3 Å². The van der Waals surface area contributed by atoms with Crippen LogP contribution in [-0.4, -0.2) is 92.3 Å². The summed E-state index contributed by atoms with van der Waals surface area (Å²) in [4.78, 5) is 11.3. The molecule has 1 N–H and O–H groups in total. The zero-order valence-corrected chi connectivity index (χ0v) is 36.1. The molecule has 10 nitrogen and oxygen atoms in total. The standard InChI is InChI=1S/C18H44O6Si4.C6H19O4PSi2/c1-25(2,3)20-13-15-16(22-26(4,5)6)17(23-27(7,8)9)18(14-19,21-15)24-28(10,11)12;1-12(2,3)9-11(7,8)10-13(4,5)6/h15-17,19H,13-14H2,1-12H3;1-6H3,(H,7,8)/p-1/t15-,16-,17+,18+;/m1./s1. The lowest BCUT2D eigenvalue weighted by Crippen LogP contribution is -2.58. The molecule has 41 heavy (non-hydrogen) atoms. The van der Waals surface area contributed by atoms with E-state index in [0.29, 0.717) is 6.61 Å². The predicted molar refractivity (Wildman–Crippen MR) is 181 cm³/mol. The SMILES string of the molecule is C[Si](C)(C)OC[C@H]1O[C@@](CO)(O[Si](C)(C)C)[C@@H](O[Si](C)(C)C)[C@@H]1O[Si](C)(C)C.C[Si](C)(C)OP(=O)([O-])O[Si](C)(C)C. The zero-order valence-electron chi connectivity index (χ0n) is 29.2. The number of rotatable bonds is 14. The van der Waals surface area contributed by atoms with Gasteiger partial charge in [-0.25, -0.2) is 0 Å². The van der Waals surface area contributed by atoms with Gasteiger partial charge < -0.3 is 40.9 Å². The highest BCUT2D eigenvalue weighted by atomic mass is 31.2. The van der Waals surface area contributed by atoms with Crippen molar-refractivity contribution in [3.8, 4) is 0 Å². The molecule has 0 radical (unpaired) electrons. The highest BCUT2D eigenvalue weighted by Crippen LogP contribution is 2.44. The summed E-state index contributed by atoms with van der Waals surface area (Å²) in [7, 11) is -15.8. The van der Waals surface area contributed by atoms with Gasteiger partial charge in [0.15, 0.2) is 49.9 Å². The van der Waals surface area contributed by atoms with Crippen LogP contribution in [-0.2, 0) is 35.4 Å². The molecule has 1 rings (SSSR count). The molecule has 0 unspecified atom stereocenters. The van der Waals surface area contributed by atoms with Crippen molar-refractivity contribution in [1.82, 2.24) is 0 Å². The minimum Gasteiger partial charge on any atom is -0.757 e. The molecule has 1 aliphatic heterocycles. The molecule has 0 aromatic carbocycles. The van der Waals surface area contributed by atoms with Crippen molar-refractivity contribution >= 4 is 57.7 Å². The van der Waals surface area contributed by atoms with Crippen molar-refractivity contribution in [3.05, 3.63) is 0 Å². The lowest BCUT2D eigenvalue weighted by molar-refractivity contribution is -0.232. The van der Waals surface area contributed by atoms with E-state index in [9.17, 15) is 14.6 Å².